The number of hydrogen-bond acceptors (Lipinski definition) is 13. The Morgan fingerprint density at radius 1 is 1.12 bits per heavy atom. The summed E-state index contributed by atoms with van der Waals surface area (Å²) >= 11 is 5.19. The Kier molecular flexibility index (Phi) is 10.8. The van der Waals surface area contributed by atoms with Gasteiger partial charge in [-0.3, -0.25) is 29.0 Å². The fourth-order valence-corrected chi connectivity index (χ4v) is 9.50. The first-order chi connectivity index (χ1) is 22.8. The average Bonchev–Trinajstić information content (AvgIpc) is 3.59. The molecule has 1 aromatic heterocycles. The number of rotatable bonds is 10. The molecule has 48 heavy (non-hydrogen) atoms. The number of aromatic nitrogens is 2. The molecule has 5 rings (SSSR count). The number of carbonyl (C=O) groups excluding carboxylic acids is 6. The summed E-state index contributed by atoms with van der Waals surface area (Å²) in [6, 6.07) is 6.16. The van der Waals surface area contributed by atoms with Crippen molar-refractivity contribution in [3.8, 4) is 0 Å². The first-order valence-corrected chi connectivity index (χ1v) is 19.0. The quantitative estimate of drug-likeness (QED) is 0.120. The molecule has 1 unspecified atom stereocenters. The number of fused-ring (bicyclic) bond motifs is 1. The van der Waals surface area contributed by atoms with Crippen LogP contribution in [0.25, 0.3) is 0 Å². The zero-order valence-electron chi connectivity index (χ0n) is 26.9. The van der Waals surface area contributed by atoms with E-state index in [1.54, 1.807) is 70.5 Å². The number of likely N-dealkylation sites (N-methyl/N-ethyl adjacent to an activating group) is 1. The fourth-order valence-electron chi connectivity index (χ4n) is 5.32. The molecule has 256 valence electrons. The van der Waals surface area contributed by atoms with Crippen LogP contribution in [0.5, 0.6) is 0 Å². The smallest absolute Gasteiger partial charge is 0.355 e. The molecule has 1 aromatic carbocycles. The van der Waals surface area contributed by atoms with Gasteiger partial charge in [-0.15, -0.1) is 40.4 Å². The highest BCUT2D eigenvalue weighted by Crippen LogP contribution is 2.51. The minimum atomic E-state index is -1.48. The number of carbonyl (C=O) groups is 6. The standard InChI is InChI=1S/C30H35N7O7S4/c1-6-35-12-13-36(24(40)23(35)39)28(43)32-20(17-10-8-7-9-11-17)22(38)33-30(45-5)26(42)37-21(25(41)44-29(2,3)4)18(16-47-27(30)37)15-46-19-14-31-34-48-19/h7-11,14,20,27H,6,12-13,15-16H2,1-5H3,(H,32,43)(H,33,38)/t20?,27-,30+/m1/s1. The number of thioether (sulfide) groups is 3. The summed E-state index contributed by atoms with van der Waals surface area (Å²) in [7, 11) is 0. The van der Waals surface area contributed by atoms with E-state index >= 15 is 0 Å². The summed E-state index contributed by atoms with van der Waals surface area (Å²) in [4.78, 5) is 82.4. The van der Waals surface area contributed by atoms with Gasteiger partial charge in [0.25, 0.3) is 5.91 Å². The summed E-state index contributed by atoms with van der Waals surface area (Å²) < 4.78 is 10.5. The molecular weight excluding hydrogens is 699 g/mol. The van der Waals surface area contributed by atoms with Crippen LogP contribution in [0.1, 0.15) is 39.3 Å². The zero-order valence-corrected chi connectivity index (χ0v) is 30.1. The summed E-state index contributed by atoms with van der Waals surface area (Å²) in [6.45, 7) is 7.43. The molecule has 0 radical (unpaired) electrons. The highest BCUT2D eigenvalue weighted by molar-refractivity contribution is 8.05. The normalized spacial score (nSPS) is 21.8. The summed E-state index contributed by atoms with van der Waals surface area (Å²) in [6.07, 6.45) is 3.31. The van der Waals surface area contributed by atoms with E-state index in [0.29, 0.717) is 29.2 Å². The molecule has 6 amide bonds. The number of amides is 6. The molecule has 0 spiro atoms. The summed E-state index contributed by atoms with van der Waals surface area (Å²) in [5.41, 5.74) is 0.427. The van der Waals surface area contributed by atoms with E-state index in [0.717, 1.165) is 20.9 Å². The molecule has 2 N–H and O–H groups in total. The lowest BCUT2D eigenvalue weighted by atomic mass is 10.00. The van der Waals surface area contributed by atoms with E-state index < -0.39 is 57.5 Å². The third-order valence-electron chi connectivity index (χ3n) is 7.66. The van der Waals surface area contributed by atoms with Crippen molar-refractivity contribution < 1.29 is 33.5 Å². The largest absolute Gasteiger partial charge is 0.455 e. The second kappa shape index (κ2) is 14.5. The van der Waals surface area contributed by atoms with Crippen LogP contribution in [0.2, 0.25) is 0 Å². The third-order valence-corrected chi connectivity index (χ3v) is 12.3. The number of piperazine rings is 1. The summed E-state index contributed by atoms with van der Waals surface area (Å²) in [5.74, 6) is -2.86. The summed E-state index contributed by atoms with van der Waals surface area (Å²) in [5, 5.41) is 8.67. The molecule has 4 heterocycles. The zero-order chi connectivity index (χ0) is 34.8. The SMILES string of the molecule is CCN1CCN(C(=O)NC(C(=O)N[C@]2(SC)C(=O)N3C(C(=O)OC(C)(C)C)=C(CSc4cnns4)CS[C@@H]32)c2ccccc2)C(=O)C1=O. The van der Waals surface area contributed by atoms with Crippen molar-refractivity contribution >= 4 is 82.4 Å². The lowest BCUT2D eigenvalue weighted by Crippen LogP contribution is -2.78. The topological polar surface area (TPSA) is 171 Å². The Labute approximate surface area is 294 Å². The van der Waals surface area contributed by atoms with Crippen LogP contribution in [0.3, 0.4) is 0 Å². The first-order valence-electron chi connectivity index (χ1n) is 15.0. The molecule has 0 saturated carbocycles. The van der Waals surface area contributed by atoms with Crippen LogP contribution >= 0.6 is 46.8 Å². The van der Waals surface area contributed by atoms with Gasteiger partial charge in [0.05, 0.1) is 6.20 Å². The molecule has 14 nitrogen and oxygen atoms in total. The highest BCUT2D eigenvalue weighted by Gasteiger charge is 2.66. The van der Waals surface area contributed by atoms with E-state index in [1.807, 2.05) is 0 Å². The predicted molar refractivity (Wildman–Crippen MR) is 183 cm³/mol. The van der Waals surface area contributed by atoms with Gasteiger partial charge in [0.15, 0.2) is 4.87 Å². The molecule has 2 aromatic rings. The Morgan fingerprint density at radius 3 is 2.48 bits per heavy atom. The van der Waals surface area contributed by atoms with Gasteiger partial charge in [-0.05, 0) is 56.6 Å². The third kappa shape index (κ3) is 7.06. The fraction of sp³-hybridized carbons (Fsp3) is 0.467. The number of imide groups is 1. The van der Waals surface area contributed by atoms with E-state index in [1.165, 1.54) is 44.9 Å². The Balaban J connectivity index is 1.40. The van der Waals surface area contributed by atoms with Gasteiger partial charge in [-0.2, -0.15) is 0 Å². The minimum absolute atomic E-state index is 0.0335. The molecule has 0 bridgehead atoms. The highest BCUT2D eigenvalue weighted by atomic mass is 32.2. The van der Waals surface area contributed by atoms with E-state index in [4.69, 9.17) is 4.74 Å². The maximum Gasteiger partial charge on any atom is 0.355 e. The van der Waals surface area contributed by atoms with E-state index in [2.05, 4.69) is 20.2 Å². The van der Waals surface area contributed by atoms with Gasteiger partial charge < -0.3 is 20.3 Å². The van der Waals surface area contributed by atoms with Crippen molar-refractivity contribution in [2.24, 2.45) is 0 Å². The molecule has 0 aliphatic carbocycles. The maximum absolute atomic E-state index is 14.1. The number of benzene rings is 1. The van der Waals surface area contributed by atoms with Gasteiger partial charge in [0, 0.05) is 31.1 Å². The number of nitrogens with zero attached hydrogens (tertiary/aromatic N) is 5. The van der Waals surface area contributed by atoms with Gasteiger partial charge in [0.2, 0.25) is 5.91 Å². The van der Waals surface area contributed by atoms with Crippen molar-refractivity contribution in [3.05, 3.63) is 53.4 Å². The molecule has 3 aliphatic rings. The molecule has 18 heteroatoms. The van der Waals surface area contributed by atoms with E-state index in [-0.39, 0.29) is 18.8 Å². The molecule has 2 fully saturated rings. The van der Waals surface area contributed by atoms with Gasteiger partial charge in [-0.25, -0.2) is 9.59 Å². The number of hydrogen-bond donors (Lipinski definition) is 2. The number of urea groups is 1. The monoisotopic (exact) mass is 733 g/mol. The Morgan fingerprint density at radius 2 is 1.85 bits per heavy atom. The predicted octanol–water partition coefficient (Wildman–Crippen LogP) is 2.46. The molecule has 3 atom stereocenters. The molecular formula is C30H35N7O7S4. The van der Waals surface area contributed by atoms with Crippen LogP contribution in [-0.4, -0.2) is 113 Å². The van der Waals surface area contributed by atoms with Gasteiger partial charge in [0.1, 0.15) is 26.9 Å². The molecule has 2 saturated heterocycles. The van der Waals surface area contributed by atoms with Crippen LogP contribution in [0.4, 0.5) is 4.79 Å². The van der Waals surface area contributed by atoms with Crippen LogP contribution in [0, 0.1) is 0 Å². The maximum atomic E-state index is 14.1. The molecule has 3 aliphatic heterocycles. The minimum Gasteiger partial charge on any atom is -0.455 e. The van der Waals surface area contributed by atoms with Crippen LogP contribution in [0.15, 0.2) is 52.0 Å². The van der Waals surface area contributed by atoms with E-state index in [9.17, 15) is 28.8 Å². The second-order valence-corrected chi connectivity index (χ2v) is 16.1. The van der Waals surface area contributed by atoms with Gasteiger partial charge >= 0.3 is 23.8 Å². The lowest BCUT2D eigenvalue weighted by molar-refractivity contribution is -0.160. The number of esters is 1. The number of ether oxygens (including phenoxy) is 1. The van der Waals surface area contributed by atoms with Crippen molar-refractivity contribution in [1.82, 2.24) is 34.9 Å². The van der Waals surface area contributed by atoms with Crippen molar-refractivity contribution in [2.45, 2.75) is 53.8 Å². The lowest BCUT2D eigenvalue weighted by Gasteiger charge is -2.56. The Hall–Kier alpha value is -3.61. The number of β-lactam (4-membered cyclic amide) rings is 1. The first kappa shape index (κ1) is 35.7. The van der Waals surface area contributed by atoms with Crippen molar-refractivity contribution in [2.75, 3.05) is 37.4 Å². The van der Waals surface area contributed by atoms with Crippen molar-refractivity contribution in [3.63, 3.8) is 0 Å². The second-order valence-electron chi connectivity index (χ2n) is 11.9. The van der Waals surface area contributed by atoms with Crippen molar-refractivity contribution in [1.29, 1.82) is 0 Å². The van der Waals surface area contributed by atoms with Crippen LogP contribution in [-0.2, 0) is 28.7 Å². The van der Waals surface area contributed by atoms with Crippen LogP contribution < -0.4 is 10.6 Å². The average molecular weight is 734 g/mol. The number of nitrogens with one attached hydrogen (secondary N) is 2. The van der Waals surface area contributed by atoms with Gasteiger partial charge in [-0.1, -0.05) is 34.8 Å². The Bertz CT molecular complexity index is 1630.